The largest absolute Gasteiger partial charge is 0.389 e. The third-order valence-corrected chi connectivity index (χ3v) is 6.40. The Bertz CT molecular complexity index is 877. The highest BCUT2D eigenvalue weighted by Gasteiger charge is 2.26. The molecule has 0 bridgehead atoms. The number of nitrogen functional groups attached to an aromatic ring is 1. The first-order valence-electron chi connectivity index (χ1n) is 6.11. The van der Waals surface area contributed by atoms with Crippen LogP contribution >= 0.6 is 11.3 Å². The van der Waals surface area contributed by atoms with Gasteiger partial charge in [-0.15, -0.1) is 11.3 Å². The third-order valence-electron chi connectivity index (χ3n) is 3.04. The Morgan fingerprint density at radius 1 is 1.36 bits per heavy atom. The second-order valence-corrected chi connectivity index (χ2v) is 7.85. The molecule has 1 heterocycles. The summed E-state index contributed by atoms with van der Waals surface area (Å²) in [4.78, 5) is 10.1. The summed E-state index contributed by atoms with van der Waals surface area (Å²) in [6, 6.07) is 7.24. The van der Waals surface area contributed by atoms with Gasteiger partial charge in [-0.1, -0.05) is 6.92 Å². The number of rotatable bonds is 4. The van der Waals surface area contributed by atoms with E-state index in [9.17, 15) is 23.8 Å². The number of sulfone groups is 1. The molecule has 2 rings (SSSR count). The van der Waals surface area contributed by atoms with Crippen molar-refractivity contribution in [3.05, 3.63) is 39.9 Å². The highest BCUT2D eigenvalue weighted by molar-refractivity contribution is 7.93. The maximum atomic E-state index is 12.2. The number of nitrogens with zero attached hydrogens (tertiary/aromatic N) is 2. The molecule has 0 saturated heterocycles. The lowest BCUT2D eigenvalue weighted by atomic mass is 10.0. The Morgan fingerprint density at radius 3 is 2.41 bits per heavy atom. The van der Waals surface area contributed by atoms with Crippen LogP contribution in [0.1, 0.15) is 12.5 Å². The lowest BCUT2D eigenvalue weighted by molar-refractivity contribution is -0.384. The first kappa shape index (κ1) is 15.9. The number of non-ortho nitro benzene ring substituents is 1. The van der Waals surface area contributed by atoms with Crippen molar-refractivity contribution in [3.8, 4) is 17.2 Å². The zero-order valence-electron chi connectivity index (χ0n) is 11.4. The molecule has 0 atom stereocenters. The molecule has 22 heavy (non-hydrogen) atoms. The van der Waals surface area contributed by atoms with Crippen LogP contribution in [0.5, 0.6) is 0 Å². The molecule has 0 aliphatic carbocycles. The van der Waals surface area contributed by atoms with Crippen LogP contribution in [0.2, 0.25) is 0 Å². The van der Waals surface area contributed by atoms with Crippen LogP contribution in [0.15, 0.2) is 28.5 Å². The summed E-state index contributed by atoms with van der Waals surface area (Å²) in [5, 5.41) is 20.0. The van der Waals surface area contributed by atoms with Crippen molar-refractivity contribution < 1.29 is 13.3 Å². The van der Waals surface area contributed by atoms with Crippen LogP contribution in [0, 0.1) is 21.4 Å². The average Bonchev–Trinajstić information content (AvgIpc) is 2.84. The maximum absolute atomic E-state index is 12.2. The Kier molecular flexibility index (Phi) is 4.16. The Morgan fingerprint density at radius 2 is 1.95 bits per heavy atom. The van der Waals surface area contributed by atoms with Crippen molar-refractivity contribution in [2.45, 2.75) is 11.1 Å². The first-order chi connectivity index (χ1) is 10.3. The van der Waals surface area contributed by atoms with E-state index in [0.29, 0.717) is 5.56 Å². The van der Waals surface area contributed by atoms with Gasteiger partial charge in [-0.2, -0.15) is 5.26 Å². The highest BCUT2D eigenvalue weighted by atomic mass is 32.2. The summed E-state index contributed by atoms with van der Waals surface area (Å²) < 4.78 is 24.4. The van der Waals surface area contributed by atoms with E-state index in [2.05, 4.69) is 0 Å². The molecule has 114 valence electrons. The van der Waals surface area contributed by atoms with Gasteiger partial charge in [0.2, 0.25) is 0 Å². The third kappa shape index (κ3) is 2.66. The lowest BCUT2D eigenvalue weighted by Gasteiger charge is -2.04. The van der Waals surface area contributed by atoms with Crippen molar-refractivity contribution in [2.24, 2.45) is 0 Å². The molecule has 2 N–H and O–H groups in total. The predicted molar refractivity (Wildman–Crippen MR) is 83.3 cm³/mol. The molecular formula is C13H11N3O4S2. The summed E-state index contributed by atoms with van der Waals surface area (Å²) in [5.41, 5.74) is 6.31. The van der Waals surface area contributed by atoms with E-state index >= 15 is 0 Å². The minimum Gasteiger partial charge on any atom is -0.389 e. The summed E-state index contributed by atoms with van der Waals surface area (Å²) in [6.45, 7) is 1.50. The van der Waals surface area contributed by atoms with E-state index in [-0.39, 0.29) is 31.8 Å². The number of benzene rings is 1. The van der Waals surface area contributed by atoms with Crippen molar-refractivity contribution >= 4 is 31.9 Å². The molecule has 0 saturated carbocycles. The molecule has 0 fully saturated rings. The second kappa shape index (κ2) is 5.75. The smallest absolute Gasteiger partial charge is 0.269 e. The fraction of sp³-hybridized carbons (Fsp3) is 0.154. The minimum absolute atomic E-state index is 0.0119. The molecule has 0 unspecified atom stereocenters. The van der Waals surface area contributed by atoms with E-state index in [4.69, 9.17) is 5.73 Å². The van der Waals surface area contributed by atoms with E-state index < -0.39 is 14.8 Å². The van der Waals surface area contributed by atoms with E-state index in [1.165, 1.54) is 31.2 Å². The quantitative estimate of drug-likeness (QED) is 0.674. The van der Waals surface area contributed by atoms with Gasteiger partial charge in [0, 0.05) is 17.7 Å². The van der Waals surface area contributed by atoms with Crippen LogP contribution < -0.4 is 5.73 Å². The molecule has 1 aromatic carbocycles. The zero-order valence-corrected chi connectivity index (χ0v) is 13.1. The number of hydrogen-bond acceptors (Lipinski definition) is 7. The van der Waals surface area contributed by atoms with Gasteiger partial charge in [-0.3, -0.25) is 10.1 Å². The lowest BCUT2D eigenvalue weighted by Crippen LogP contribution is -2.03. The van der Waals surface area contributed by atoms with Gasteiger partial charge in [0.05, 0.1) is 16.2 Å². The minimum atomic E-state index is -3.56. The van der Waals surface area contributed by atoms with E-state index in [1.54, 1.807) is 0 Å². The fourth-order valence-electron chi connectivity index (χ4n) is 1.90. The van der Waals surface area contributed by atoms with Gasteiger partial charge in [0.1, 0.15) is 15.3 Å². The molecule has 0 amide bonds. The maximum Gasteiger partial charge on any atom is 0.269 e. The predicted octanol–water partition coefficient (Wildman–Crippen LogP) is 2.57. The van der Waals surface area contributed by atoms with Crippen LogP contribution in [0.3, 0.4) is 0 Å². The average molecular weight is 337 g/mol. The molecule has 0 aliphatic rings. The number of thiophene rings is 1. The van der Waals surface area contributed by atoms with Crippen molar-refractivity contribution in [1.82, 2.24) is 0 Å². The number of anilines is 1. The van der Waals surface area contributed by atoms with E-state index in [0.717, 1.165) is 11.3 Å². The molecule has 9 heteroatoms. The number of nitro benzene ring substituents is 1. The topological polar surface area (TPSA) is 127 Å². The van der Waals surface area contributed by atoms with Crippen molar-refractivity contribution in [2.75, 3.05) is 11.5 Å². The standard InChI is InChI=1S/C13H11N3O4S2/c1-2-22(19,20)13-11(10(7-14)12(15)21-13)8-3-5-9(6-4-8)16(17)18/h3-6H,2,15H2,1H3. The molecular weight excluding hydrogens is 326 g/mol. The molecule has 2 aromatic rings. The van der Waals surface area contributed by atoms with Gasteiger partial charge in [-0.05, 0) is 17.7 Å². The molecule has 1 aromatic heterocycles. The SMILES string of the molecule is CCS(=O)(=O)c1sc(N)c(C#N)c1-c1ccc([N+](=O)[O-])cc1. The van der Waals surface area contributed by atoms with Crippen molar-refractivity contribution in [3.63, 3.8) is 0 Å². The van der Waals surface area contributed by atoms with Gasteiger partial charge in [0.15, 0.2) is 9.84 Å². The summed E-state index contributed by atoms with van der Waals surface area (Å²) in [6.07, 6.45) is 0. The summed E-state index contributed by atoms with van der Waals surface area (Å²) >= 11 is 0.836. The zero-order chi connectivity index (χ0) is 16.5. The van der Waals surface area contributed by atoms with Gasteiger partial charge in [-0.25, -0.2) is 8.42 Å². The first-order valence-corrected chi connectivity index (χ1v) is 8.58. The van der Waals surface area contributed by atoms with Crippen LogP contribution in [-0.2, 0) is 9.84 Å². The molecule has 7 nitrogen and oxygen atoms in total. The van der Waals surface area contributed by atoms with E-state index in [1.807, 2.05) is 6.07 Å². The van der Waals surface area contributed by atoms with Gasteiger partial charge < -0.3 is 5.73 Å². The number of nitriles is 1. The number of nitrogens with two attached hydrogens (primary N) is 1. The second-order valence-electron chi connectivity index (χ2n) is 4.32. The fourth-order valence-corrected chi connectivity index (χ4v) is 4.60. The monoisotopic (exact) mass is 337 g/mol. The number of nitro groups is 1. The highest BCUT2D eigenvalue weighted by Crippen LogP contribution is 2.41. The Hall–Kier alpha value is -2.44. The van der Waals surface area contributed by atoms with Crippen molar-refractivity contribution in [1.29, 1.82) is 5.26 Å². The van der Waals surface area contributed by atoms with Gasteiger partial charge >= 0.3 is 0 Å². The molecule has 0 aliphatic heterocycles. The summed E-state index contributed by atoms with van der Waals surface area (Å²) in [7, 11) is -3.56. The normalized spacial score (nSPS) is 11.1. The van der Waals surface area contributed by atoms with Crippen LogP contribution in [0.4, 0.5) is 10.7 Å². The van der Waals surface area contributed by atoms with Crippen LogP contribution in [0.25, 0.3) is 11.1 Å². The number of hydrogen-bond donors (Lipinski definition) is 1. The van der Waals surface area contributed by atoms with Crippen LogP contribution in [-0.4, -0.2) is 19.1 Å². The van der Waals surface area contributed by atoms with Gasteiger partial charge in [0.25, 0.3) is 5.69 Å². The summed E-state index contributed by atoms with van der Waals surface area (Å²) in [5.74, 6) is -0.127. The molecule has 0 radical (unpaired) electrons. The Balaban J connectivity index is 2.74. The molecule has 0 spiro atoms. The Labute approximate surface area is 130 Å².